The summed E-state index contributed by atoms with van der Waals surface area (Å²) in [7, 11) is 1.66. The number of amides is 1. The number of methoxy groups -OCH3 is 1. The van der Waals surface area contributed by atoms with E-state index in [9.17, 15) is 9.59 Å². The lowest BCUT2D eigenvalue weighted by atomic mass is 9.91. The number of hydrogen-bond acceptors (Lipinski definition) is 5. The van der Waals surface area contributed by atoms with E-state index in [-0.39, 0.29) is 24.2 Å². The summed E-state index contributed by atoms with van der Waals surface area (Å²) < 4.78 is 16.5. The van der Waals surface area contributed by atoms with Crippen LogP contribution in [0.5, 0.6) is 11.5 Å². The first kappa shape index (κ1) is 22.1. The van der Waals surface area contributed by atoms with Gasteiger partial charge in [-0.1, -0.05) is 13.3 Å². The van der Waals surface area contributed by atoms with Gasteiger partial charge in [-0.25, -0.2) is 4.79 Å². The second kappa shape index (κ2) is 9.25. The highest BCUT2D eigenvalue weighted by atomic mass is 16.5. The van der Waals surface area contributed by atoms with Crippen molar-refractivity contribution in [2.45, 2.75) is 45.1 Å². The number of rotatable bonds is 7. The summed E-state index contributed by atoms with van der Waals surface area (Å²) in [5.41, 5.74) is 4.39. The van der Waals surface area contributed by atoms with Crippen molar-refractivity contribution in [2.75, 3.05) is 13.7 Å². The second-order valence-electron chi connectivity index (χ2n) is 8.73. The summed E-state index contributed by atoms with van der Waals surface area (Å²) in [4.78, 5) is 28.1. The van der Waals surface area contributed by atoms with Crippen LogP contribution < -0.4 is 20.4 Å². The molecule has 0 aliphatic heterocycles. The van der Waals surface area contributed by atoms with Crippen LogP contribution in [0.1, 0.15) is 49.0 Å². The van der Waals surface area contributed by atoms with Crippen LogP contribution >= 0.6 is 0 Å². The summed E-state index contributed by atoms with van der Waals surface area (Å²) in [6.07, 6.45) is 4.56. The fourth-order valence-corrected chi connectivity index (χ4v) is 4.87. The molecular formula is C27H28N2O5. The Hall–Kier alpha value is -3.74. The van der Waals surface area contributed by atoms with E-state index >= 15 is 0 Å². The molecule has 4 aromatic rings. The van der Waals surface area contributed by atoms with E-state index in [1.807, 2.05) is 24.3 Å². The lowest BCUT2D eigenvalue weighted by Crippen LogP contribution is -2.34. The Balaban J connectivity index is 1.29. The van der Waals surface area contributed by atoms with Gasteiger partial charge >= 0.3 is 5.63 Å². The van der Waals surface area contributed by atoms with Crippen LogP contribution in [0.15, 0.2) is 51.7 Å². The molecule has 7 nitrogen and oxygen atoms in total. The largest absolute Gasteiger partial charge is 0.497 e. The second-order valence-corrected chi connectivity index (χ2v) is 8.73. The zero-order valence-corrected chi connectivity index (χ0v) is 19.4. The highest BCUT2D eigenvalue weighted by Gasteiger charge is 2.26. The van der Waals surface area contributed by atoms with Gasteiger partial charge in [0.15, 0.2) is 6.61 Å². The van der Waals surface area contributed by atoms with Crippen LogP contribution in [0.3, 0.4) is 0 Å². The quantitative estimate of drug-likeness (QED) is 0.386. The number of benzene rings is 2. The number of carbonyl (C=O) groups is 1. The van der Waals surface area contributed by atoms with Gasteiger partial charge < -0.3 is 24.2 Å². The maximum absolute atomic E-state index is 12.7. The van der Waals surface area contributed by atoms with Gasteiger partial charge in [0, 0.05) is 34.1 Å². The number of aryl methyl sites for hydroxylation is 2. The zero-order valence-electron chi connectivity index (χ0n) is 19.4. The molecule has 1 amide bonds. The van der Waals surface area contributed by atoms with Gasteiger partial charge in [0.1, 0.15) is 17.1 Å². The van der Waals surface area contributed by atoms with Crippen LogP contribution in [0.25, 0.3) is 21.9 Å². The maximum Gasteiger partial charge on any atom is 0.336 e. The Morgan fingerprint density at radius 2 is 2.00 bits per heavy atom. The number of fused-ring (bicyclic) bond motifs is 4. The number of aromatic nitrogens is 1. The molecule has 176 valence electrons. The molecule has 0 spiro atoms. The monoisotopic (exact) mass is 460 g/mol. The lowest BCUT2D eigenvalue weighted by Gasteiger charge is -2.24. The number of aromatic amines is 1. The average Bonchev–Trinajstić information content (AvgIpc) is 3.21. The highest BCUT2D eigenvalue weighted by molar-refractivity contribution is 5.87. The third kappa shape index (κ3) is 4.25. The van der Waals surface area contributed by atoms with Crippen molar-refractivity contribution in [3.63, 3.8) is 0 Å². The molecule has 1 aliphatic carbocycles. The van der Waals surface area contributed by atoms with Crippen molar-refractivity contribution >= 4 is 27.8 Å². The molecule has 34 heavy (non-hydrogen) atoms. The Morgan fingerprint density at radius 1 is 1.15 bits per heavy atom. The molecule has 0 fully saturated rings. The molecule has 1 aliphatic rings. The Morgan fingerprint density at radius 3 is 2.82 bits per heavy atom. The van der Waals surface area contributed by atoms with E-state index in [4.69, 9.17) is 13.9 Å². The van der Waals surface area contributed by atoms with Gasteiger partial charge in [-0.15, -0.1) is 0 Å². The fraction of sp³-hybridized carbons (Fsp3) is 0.333. The van der Waals surface area contributed by atoms with Crippen molar-refractivity contribution in [3.8, 4) is 11.5 Å². The van der Waals surface area contributed by atoms with Gasteiger partial charge in [0.2, 0.25) is 0 Å². The number of H-pyrrole nitrogens is 1. The van der Waals surface area contributed by atoms with Crippen LogP contribution in [-0.2, 0) is 17.6 Å². The molecular weight excluding hydrogens is 432 g/mol. The van der Waals surface area contributed by atoms with E-state index in [0.29, 0.717) is 11.3 Å². The van der Waals surface area contributed by atoms with Gasteiger partial charge in [-0.2, -0.15) is 0 Å². The average molecular weight is 461 g/mol. The van der Waals surface area contributed by atoms with Gasteiger partial charge in [-0.3, -0.25) is 4.79 Å². The normalized spacial score (nSPS) is 15.3. The molecule has 1 unspecified atom stereocenters. The Kier molecular flexibility index (Phi) is 6.01. The first-order chi connectivity index (χ1) is 16.6. The van der Waals surface area contributed by atoms with Crippen LogP contribution in [0.4, 0.5) is 0 Å². The summed E-state index contributed by atoms with van der Waals surface area (Å²) in [5.74, 6) is 1.11. The molecule has 2 aromatic heterocycles. The van der Waals surface area contributed by atoms with Crippen LogP contribution in [0, 0.1) is 0 Å². The minimum atomic E-state index is -0.380. The molecule has 2 aromatic carbocycles. The first-order valence-electron chi connectivity index (χ1n) is 11.7. The molecule has 7 heteroatoms. The van der Waals surface area contributed by atoms with Gasteiger partial charge in [0.25, 0.3) is 5.91 Å². The first-order valence-corrected chi connectivity index (χ1v) is 11.7. The van der Waals surface area contributed by atoms with Gasteiger partial charge in [-0.05, 0) is 67.1 Å². The molecule has 0 bridgehead atoms. The minimum Gasteiger partial charge on any atom is -0.497 e. The van der Waals surface area contributed by atoms with E-state index in [0.717, 1.165) is 65.4 Å². The molecule has 0 saturated carbocycles. The van der Waals surface area contributed by atoms with Crippen molar-refractivity contribution < 1.29 is 18.7 Å². The summed E-state index contributed by atoms with van der Waals surface area (Å²) in [5, 5.41) is 5.14. The Labute approximate surface area is 197 Å². The minimum absolute atomic E-state index is 0.0931. The summed E-state index contributed by atoms with van der Waals surface area (Å²) >= 11 is 0. The fourth-order valence-electron chi connectivity index (χ4n) is 4.87. The van der Waals surface area contributed by atoms with Crippen LogP contribution in [0.2, 0.25) is 0 Å². The molecule has 0 radical (unpaired) electrons. The topological polar surface area (TPSA) is 93.6 Å². The lowest BCUT2D eigenvalue weighted by molar-refractivity contribution is -0.124. The Bertz CT molecular complexity index is 1420. The third-order valence-electron chi connectivity index (χ3n) is 6.44. The molecule has 5 rings (SSSR count). The molecule has 1 atom stereocenters. The third-order valence-corrected chi connectivity index (χ3v) is 6.44. The summed E-state index contributed by atoms with van der Waals surface area (Å²) in [6.45, 7) is 1.95. The number of nitrogens with one attached hydrogen (secondary N) is 2. The number of ether oxygens (including phenoxy) is 2. The zero-order chi connectivity index (χ0) is 23.7. The number of hydrogen-bond donors (Lipinski definition) is 2. The van der Waals surface area contributed by atoms with E-state index in [1.165, 1.54) is 5.56 Å². The molecule has 2 heterocycles. The van der Waals surface area contributed by atoms with Crippen molar-refractivity contribution in [1.29, 1.82) is 0 Å². The van der Waals surface area contributed by atoms with E-state index < -0.39 is 0 Å². The summed E-state index contributed by atoms with van der Waals surface area (Å²) in [6, 6.07) is 12.8. The van der Waals surface area contributed by atoms with Crippen molar-refractivity contribution in [1.82, 2.24) is 10.3 Å². The van der Waals surface area contributed by atoms with Gasteiger partial charge in [0.05, 0.1) is 13.2 Å². The predicted octanol–water partition coefficient (Wildman–Crippen LogP) is 4.81. The standard InChI is InChI=1S/C27H28N2O5/c1-3-5-16-12-26(31)34-24-14-18(8-10-19(16)24)33-15-25(30)28-23-7-4-6-20-21-13-17(32-2)9-11-22(21)29-27(20)23/h8-14,23,29H,3-7,15H2,1-2H3,(H,28,30). The molecule has 0 saturated heterocycles. The molecule has 2 N–H and O–H groups in total. The van der Waals surface area contributed by atoms with Crippen LogP contribution in [-0.4, -0.2) is 24.6 Å². The smallest absolute Gasteiger partial charge is 0.336 e. The van der Waals surface area contributed by atoms with E-state index in [2.05, 4.69) is 17.2 Å². The maximum atomic E-state index is 12.7. The van der Waals surface area contributed by atoms with Crippen molar-refractivity contribution in [2.24, 2.45) is 0 Å². The highest BCUT2D eigenvalue weighted by Crippen LogP contribution is 2.36. The predicted molar refractivity (Wildman–Crippen MR) is 131 cm³/mol. The SMILES string of the molecule is CCCc1cc(=O)oc2cc(OCC(=O)NC3CCCc4c3[nH]c3ccc(OC)cc43)ccc12. The number of carbonyl (C=O) groups excluding carboxylic acids is 1. The van der Waals surface area contributed by atoms with Crippen molar-refractivity contribution in [3.05, 3.63) is 69.7 Å². The van der Waals surface area contributed by atoms with E-state index in [1.54, 1.807) is 25.3 Å².